The lowest BCUT2D eigenvalue weighted by Crippen LogP contribution is -2.52. The van der Waals surface area contributed by atoms with Gasteiger partial charge in [-0.2, -0.15) is 0 Å². The first-order valence-corrected chi connectivity index (χ1v) is 9.91. The van der Waals surface area contributed by atoms with Gasteiger partial charge in [-0.15, -0.1) is 0 Å². The molecule has 2 aromatic rings. The molecule has 0 atom stereocenters. The van der Waals surface area contributed by atoms with Gasteiger partial charge in [0.05, 0.1) is 0 Å². The van der Waals surface area contributed by atoms with Gasteiger partial charge in [-0.05, 0) is 31.9 Å². The summed E-state index contributed by atoms with van der Waals surface area (Å²) in [5.41, 5.74) is 2.58. The molecular formula is C21H28FN5O. The van der Waals surface area contributed by atoms with Gasteiger partial charge in [-0.25, -0.2) is 19.2 Å². The van der Waals surface area contributed by atoms with Crippen LogP contribution in [0.4, 0.5) is 15.0 Å². The molecule has 1 aromatic heterocycles. The minimum absolute atomic E-state index is 0.0261. The number of hydrogen-bond donors (Lipinski definition) is 1. The van der Waals surface area contributed by atoms with Crippen LogP contribution >= 0.6 is 0 Å². The Bertz CT molecular complexity index is 834. The highest BCUT2D eigenvalue weighted by molar-refractivity contribution is 5.74. The Hall–Kier alpha value is -2.70. The van der Waals surface area contributed by atoms with Crippen molar-refractivity contribution in [1.82, 2.24) is 20.2 Å². The molecule has 2 amide bonds. The average molecular weight is 385 g/mol. The number of anilines is 1. The Morgan fingerprint density at radius 3 is 2.50 bits per heavy atom. The van der Waals surface area contributed by atoms with E-state index in [1.165, 1.54) is 6.07 Å². The van der Waals surface area contributed by atoms with Gasteiger partial charge >= 0.3 is 6.03 Å². The monoisotopic (exact) mass is 385 g/mol. The third kappa shape index (κ3) is 4.40. The van der Waals surface area contributed by atoms with Crippen molar-refractivity contribution in [2.45, 2.75) is 33.6 Å². The molecular weight excluding hydrogens is 357 g/mol. The van der Waals surface area contributed by atoms with Crippen molar-refractivity contribution in [3.63, 3.8) is 0 Å². The van der Waals surface area contributed by atoms with Crippen LogP contribution in [0, 0.1) is 12.7 Å². The van der Waals surface area contributed by atoms with Crippen molar-refractivity contribution in [3.05, 3.63) is 52.7 Å². The van der Waals surface area contributed by atoms with Crippen molar-refractivity contribution in [2.24, 2.45) is 0 Å². The molecule has 1 aliphatic rings. The van der Waals surface area contributed by atoms with Gasteiger partial charge in [0.2, 0.25) is 0 Å². The zero-order chi connectivity index (χ0) is 20.1. The number of hydrogen-bond acceptors (Lipinski definition) is 4. The maximum atomic E-state index is 14.3. The molecule has 28 heavy (non-hydrogen) atoms. The number of rotatable bonds is 5. The van der Waals surface area contributed by atoms with E-state index >= 15 is 0 Å². The summed E-state index contributed by atoms with van der Waals surface area (Å²) in [5.74, 6) is 1.37. The standard InChI is InChI=1S/C21H28FN5O/c1-4-19-17(14-16-8-6-7-9-18(16)22)20(25-15(3)24-19)26-10-12-27(13-11-26)21(28)23-5-2/h6-9H,4-5,10-14H2,1-3H3,(H,23,28). The van der Waals surface area contributed by atoms with E-state index in [0.29, 0.717) is 44.7 Å². The fourth-order valence-electron chi connectivity index (χ4n) is 3.59. The van der Waals surface area contributed by atoms with Crippen LogP contribution in [0.25, 0.3) is 0 Å². The van der Waals surface area contributed by atoms with Gasteiger partial charge < -0.3 is 15.1 Å². The summed E-state index contributed by atoms with van der Waals surface area (Å²) in [6, 6.07) is 6.82. The molecule has 0 aliphatic carbocycles. The van der Waals surface area contributed by atoms with E-state index in [9.17, 15) is 9.18 Å². The fourth-order valence-corrected chi connectivity index (χ4v) is 3.59. The van der Waals surface area contributed by atoms with Crippen LogP contribution < -0.4 is 10.2 Å². The topological polar surface area (TPSA) is 61.4 Å². The first-order chi connectivity index (χ1) is 13.5. The third-order valence-electron chi connectivity index (χ3n) is 5.04. The smallest absolute Gasteiger partial charge is 0.317 e. The van der Waals surface area contributed by atoms with E-state index in [1.807, 2.05) is 30.9 Å². The molecule has 1 N–H and O–H groups in total. The van der Waals surface area contributed by atoms with Gasteiger partial charge in [0.15, 0.2) is 0 Å². The molecule has 1 fully saturated rings. The second kappa shape index (κ2) is 8.99. The molecule has 1 aliphatic heterocycles. The van der Waals surface area contributed by atoms with Gasteiger partial charge in [-0.3, -0.25) is 0 Å². The lowest BCUT2D eigenvalue weighted by Gasteiger charge is -2.36. The summed E-state index contributed by atoms with van der Waals surface area (Å²) in [4.78, 5) is 25.4. The molecule has 0 unspecified atom stereocenters. The molecule has 0 bridgehead atoms. The first kappa shape index (κ1) is 20.0. The molecule has 3 rings (SSSR count). The number of amides is 2. The van der Waals surface area contributed by atoms with Crippen molar-refractivity contribution in [2.75, 3.05) is 37.6 Å². The summed E-state index contributed by atoms with van der Waals surface area (Å²) in [7, 11) is 0. The number of nitrogens with one attached hydrogen (secondary N) is 1. The zero-order valence-corrected chi connectivity index (χ0v) is 16.8. The predicted octanol–water partition coefficient (Wildman–Crippen LogP) is 2.93. The van der Waals surface area contributed by atoms with Crippen LogP contribution in [0.1, 0.15) is 36.5 Å². The quantitative estimate of drug-likeness (QED) is 0.860. The van der Waals surface area contributed by atoms with E-state index < -0.39 is 0 Å². The zero-order valence-electron chi connectivity index (χ0n) is 16.8. The van der Waals surface area contributed by atoms with Crippen molar-refractivity contribution in [3.8, 4) is 0 Å². The summed E-state index contributed by atoms with van der Waals surface area (Å²) < 4.78 is 14.3. The number of halogens is 1. The van der Waals surface area contributed by atoms with Crippen LogP contribution in [-0.2, 0) is 12.8 Å². The number of carbonyl (C=O) groups excluding carboxylic acids is 1. The number of urea groups is 1. The maximum absolute atomic E-state index is 14.3. The van der Waals surface area contributed by atoms with Gasteiger partial charge in [-0.1, -0.05) is 25.1 Å². The second-order valence-corrected chi connectivity index (χ2v) is 6.95. The Balaban J connectivity index is 1.87. The minimum atomic E-state index is -0.211. The maximum Gasteiger partial charge on any atom is 0.317 e. The second-order valence-electron chi connectivity index (χ2n) is 6.95. The highest BCUT2D eigenvalue weighted by atomic mass is 19.1. The lowest BCUT2D eigenvalue weighted by atomic mass is 10.0. The Labute approximate surface area is 165 Å². The van der Waals surface area contributed by atoms with E-state index in [0.717, 1.165) is 29.3 Å². The lowest BCUT2D eigenvalue weighted by molar-refractivity contribution is 0.195. The van der Waals surface area contributed by atoms with E-state index in [2.05, 4.69) is 22.1 Å². The van der Waals surface area contributed by atoms with Crippen molar-refractivity contribution < 1.29 is 9.18 Å². The number of carbonyl (C=O) groups is 1. The van der Waals surface area contributed by atoms with Gasteiger partial charge in [0, 0.05) is 50.4 Å². The number of aryl methyl sites for hydroxylation is 2. The van der Waals surface area contributed by atoms with E-state index in [4.69, 9.17) is 4.98 Å². The average Bonchev–Trinajstić information content (AvgIpc) is 2.70. The molecule has 0 spiro atoms. The van der Waals surface area contributed by atoms with Gasteiger partial charge in [0.1, 0.15) is 17.5 Å². The number of nitrogens with zero attached hydrogens (tertiary/aromatic N) is 4. The first-order valence-electron chi connectivity index (χ1n) is 9.91. The summed E-state index contributed by atoms with van der Waals surface area (Å²) in [5, 5.41) is 2.85. The summed E-state index contributed by atoms with van der Waals surface area (Å²) in [6.07, 6.45) is 1.22. The van der Waals surface area contributed by atoms with E-state index in [-0.39, 0.29) is 11.8 Å². The number of piperazine rings is 1. The predicted molar refractivity (Wildman–Crippen MR) is 108 cm³/mol. The molecule has 1 aromatic carbocycles. The highest BCUT2D eigenvalue weighted by Gasteiger charge is 2.25. The molecule has 7 heteroatoms. The SMILES string of the molecule is CCNC(=O)N1CCN(c2nc(C)nc(CC)c2Cc2ccccc2F)CC1. The largest absolute Gasteiger partial charge is 0.353 e. The molecule has 150 valence electrons. The van der Waals surface area contributed by atoms with Gasteiger partial charge in [0.25, 0.3) is 0 Å². The van der Waals surface area contributed by atoms with Crippen LogP contribution in [-0.4, -0.2) is 53.6 Å². The van der Waals surface area contributed by atoms with Crippen molar-refractivity contribution >= 4 is 11.8 Å². The van der Waals surface area contributed by atoms with E-state index in [1.54, 1.807) is 6.07 Å². The molecule has 0 radical (unpaired) electrons. The fraction of sp³-hybridized carbons (Fsp3) is 0.476. The molecule has 0 saturated carbocycles. The Kier molecular flexibility index (Phi) is 6.44. The third-order valence-corrected chi connectivity index (χ3v) is 5.04. The summed E-state index contributed by atoms with van der Waals surface area (Å²) >= 11 is 0. The summed E-state index contributed by atoms with van der Waals surface area (Å²) in [6.45, 7) is 9.15. The molecule has 6 nitrogen and oxygen atoms in total. The number of aromatic nitrogens is 2. The molecule has 2 heterocycles. The Morgan fingerprint density at radius 1 is 1.14 bits per heavy atom. The van der Waals surface area contributed by atoms with Crippen LogP contribution in [0.5, 0.6) is 0 Å². The number of benzene rings is 1. The minimum Gasteiger partial charge on any atom is -0.353 e. The molecule has 1 saturated heterocycles. The van der Waals surface area contributed by atoms with Crippen LogP contribution in [0.15, 0.2) is 24.3 Å². The normalized spacial score (nSPS) is 14.3. The van der Waals surface area contributed by atoms with Crippen LogP contribution in [0.3, 0.4) is 0 Å². The highest BCUT2D eigenvalue weighted by Crippen LogP contribution is 2.26. The van der Waals surface area contributed by atoms with Crippen LogP contribution in [0.2, 0.25) is 0 Å². The van der Waals surface area contributed by atoms with Crippen molar-refractivity contribution in [1.29, 1.82) is 0 Å². The Morgan fingerprint density at radius 2 is 1.86 bits per heavy atom.